The van der Waals surface area contributed by atoms with Crippen molar-refractivity contribution in [2.24, 2.45) is 0 Å². The number of carbonyl (C=O) groups excluding carboxylic acids is 1. The maximum absolute atomic E-state index is 12.3. The molecule has 1 aromatic heterocycles. The molecule has 1 atom stereocenters. The quantitative estimate of drug-likeness (QED) is 0.752. The van der Waals surface area contributed by atoms with E-state index < -0.39 is 12.8 Å². The van der Waals surface area contributed by atoms with Crippen LogP contribution in [0.25, 0.3) is 0 Å². The van der Waals surface area contributed by atoms with Gasteiger partial charge in [-0.25, -0.2) is 0 Å². The number of halogens is 3. The molecule has 1 saturated heterocycles. The number of rotatable bonds is 6. The molecule has 0 spiro atoms. The van der Waals surface area contributed by atoms with E-state index in [4.69, 9.17) is 0 Å². The molecule has 2 heterocycles. The number of piperidine rings is 1. The fourth-order valence-electron chi connectivity index (χ4n) is 2.79. The third-order valence-electron chi connectivity index (χ3n) is 3.83. The van der Waals surface area contributed by atoms with Crippen LogP contribution in [0, 0.1) is 6.92 Å². The van der Waals surface area contributed by atoms with Crippen LogP contribution >= 0.6 is 0 Å². The highest BCUT2D eigenvalue weighted by Gasteiger charge is 2.29. The summed E-state index contributed by atoms with van der Waals surface area (Å²) in [4.78, 5) is 14.0. The maximum atomic E-state index is 12.3. The Balaban J connectivity index is 1.83. The van der Waals surface area contributed by atoms with E-state index >= 15 is 0 Å². The highest BCUT2D eigenvalue weighted by atomic mass is 19.4. The minimum absolute atomic E-state index is 0.0231. The van der Waals surface area contributed by atoms with Crippen molar-refractivity contribution in [3.8, 4) is 0 Å². The van der Waals surface area contributed by atoms with Crippen LogP contribution in [0.4, 0.5) is 13.2 Å². The number of likely N-dealkylation sites (tertiary alicyclic amines) is 1. The molecule has 23 heavy (non-hydrogen) atoms. The normalized spacial score (nSPS) is 19.1. The van der Waals surface area contributed by atoms with Gasteiger partial charge in [-0.2, -0.15) is 18.3 Å². The zero-order chi connectivity index (χ0) is 16.9. The summed E-state index contributed by atoms with van der Waals surface area (Å²) in [5.74, 6) is -0.152. The Kier molecular flexibility index (Phi) is 6.04. The molecule has 0 saturated carbocycles. The van der Waals surface area contributed by atoms with Gasteiger partial charge in [-0.1, -0.05) is 0 Å². The third kappa shape index (κ3) is 5.85. The summed E-state index contributed by atoms with van der Waals surface area (Å²) in [6, 6.07) is 0.0400. The van der Waals surface area contributed by atoms with Crippen molar-refractivity contribution >= 4 is 5.91 Å². The van der Waals surface area contributed by atoms with E-state index in [0.29, 0.717) is 13.1 Å². The second-order valence-electron chi connectivity index (χ2n) is 5.89. The molecule has 0 radical (unpaired) electrons. The van der Waals surface area contributed by atoms with E-state index in [-0.39, 0.29) is 25.0 Å². The van der Waals surface area contributed by atoms with Gasteiger partial charge in [0.15, 0.2) is 0 Å². The van der Waals surface area contributed by atoms with E-state index in [1.807, 2.05) is 17.8 Å². The Labute approximate surface area is 133 Å². The first-order valence-electron chi connectivity index (χ1n) is 7.78. The predicted octanol–water partition coefficient (Wildman–Crippen LogP) is 2.54. The third-order valence-corrected chi connectivity index (χ3v) is 3.83. The standard InChI is InChI=1S/C15H22F3N3O2/c1-12-8-19-20(9-12)10-13-4-2-3-6-21(13)14(22)5-7-23-11-15(16,17)18/h8-9,13H,2-7,10-11H2,1H3/t13-/m0/s1. The molecule has 1 fully saturated rings. The van der Waals surface area contributed by atoms with Crippen LogP contribution in [0.3, 0.4) is 0 Å². The zero-order valence-corrected chi connectivity index (χ0v) is 13.2. The van der Waals surface area contributed by atoms with Crippen molar-refractivity contribution in [2.75, 3.05) is 19.8 Å². The maximum Gasteiger partial charge on any atom is 0.411 e. The summed E-state index contributed by atoms with van der Waals surface area (Å²) in [5.41, 5.74) is 1.05. The molecular weight excluding hydrogens is 311 g/mol. The number of aromatic nitrogens is 2. The largest absolute Gasteiger partial charge is 0.411 e. The topological polar surface area (TPSA) is 47.4 Å². The van der Waals surface area contributed by atoms with Crippen molar-refractivity contribution in [3.05, 3.63) is 18.0 Å². The molecule has 1 aliphatic rings. The summed E-state index contributed by atoms with van der Waals surface area (Å²) in [6.07, 6.45) is 2.15. The summed E-state index contributed by atoms with van der Waals surface area (Å²) in [6.45, 7) is 1.69. The Morgan fingerprint density at radius 1 is 1.43 bits per heavy atom. The second-order valence-corrected chi connectivity index (χ2v) is 5.89. The molecule has 2 rings (SSSR count). The van der Waals surface area contributed by atoms with Gasteiger partial charge < -0.3 is 9.64 Å². The Hall–Kier alpha value is -1.57. The first kappa shape index (κ1) is 17.8. The molecular formula is C15H22F3N3O2. The van der Waals surface area contributed by atoms with Crippen LogP contribution in [-0.4, -0.2) is 52.6 Å². The molecule has 0 unspecified atom stereocenters. The van der Waals surface area contributed by atoms with Gasteiger partial charge in [-0.15, -0.1) is 0 Å². The molecule has 1 aliphatic heterocycles. The first-order chi connectivity index (χ1) is 10.8. The summed E-state index contributed by atoms with van der Waals surface area (Å²) in [5, 5.41) is 4.24. The number of hydrogen-bond acceptors (Lipinski definition) is 3. The smallest absolute Gasteiger partial charge is 0.372 e. The fraction of sp³-hybridized carbons (Fsp3) is 0.733. The van der Waals surface area contributed by atoms with E-state index in [0.717, 1.165) is 24.8 Å². The Morgan fingerprint density at radius 3 is 2.87 bits per heavy atom. The van der Waals surface area contributed by atoms with Crippen LogP contribution in [0.2, 0.25) is 0 Å². The molecule has 5 nitrogen and oxygen atoms in total. The number of amides is 1. The van der Waals surface area contributed by atoms with Gasteiger partial charge in [0.1, 0.15) is 6.61 Å². The van der Waals surface area contributed by atoms with Crippen molar-refractivity contribution < 1.29 is 22.7 Å². The highest BCUT2D eigenvalue weighted by molar-refractivity contribution is 5.76. The van der Waals surface area contributed by atoms with Gasteiger partial charge in [-0.3, -0.25) is 9.48 Å². The van der Waals surface area contributed by atoms with E-state index in [9.17, 15) is 18.0 Å². The van der Waals surface area contributed by atoms with Gasteiger partial charge >= 0.3 is 6.18 Å². The summed E-state index contributed by atoms with van der Waals surface area (Å²) >= 11 is 0. The molecule has 8 heteroatoms. The average Bonchev–Trinajstić information content (AvgIpc) is 2.88. The molecule has 0 aliphatic carbocycles. The lowest BCUT2D eigenvalue weighted by atomic mass is 10.0. The fourth-order valence-corrected chi connectivity index (χ4v) is 2.79. The Bertz CT molecular complexity index is 516. The number of carbonyl (C=O) groups is 1. The van der Waals surface area contributed by atoms with Crippen molar-refractivity contribution in [2.45, 2.75) is 51.4 Å². The van der Waals surface area contributed by atoms with Gasteiger partial charge in [0.2, 0.25) is 5.91 Å². The van der Waals surface area contributed by atoms with Gasteiger partial charge in [0.05, 0.1) is 31.8 Å². The van der Waals surface area contributed by atoms with Crippen LogP contribution in [0.1, 0.15) is 31.2 Å². The van der Waals surface area contributed by atoms with Crippen LogP contribution < -0.4 is 0 Å². The summed E-state index contributed by atoms with van der Waals surface area (Å²) in [7, 11) is 0. The number of nitrogens with zero attached hydrogens (tertiary/aromatic N) is 3. The van der Waals surface area contributed by atoms with E-state index in [1.54, 1.807) is 11.1 Å². The number of alkyl halides is 3. The minimum atomic E-state index is -4.35. The lowest BCUT2D eigenvalue weighted by Crippen LogP contribution is -2.46. The predicted molar refractivity (Wildman–Crippen MR) is 77.8 cm³/mol. The molecule has 0 bridgehead atoms. The lowest BCUT2D eigenvalue weighted by Gasteiger charge is -2.35. The van der Waals surface area contributed by atoms with Crippen molar-refractivity contribution in [1.29, 1.82) is 0 Å². The zero-order valence-electron chi connectivity index (χ0n) is 13.2. The van der Waals surface area contributed by atoms with Crippen molar-refractivity contribution in [1.82, 2.24) is 14.7 Å². The first-order valence-corrected chi connectivity index (χ1v) is 7.78. The van der Waals surface area contributed by atoms with Gasteiger partial charge in [0, 0.05) is 12.7 Å². The van der Waals surface area contributed by atoms with Gasteiger partial charge in [-0.05, 0) is 31.7 Å². The molecule has 1 aromatic rings. The second kappa shape index (κ2) is 7.81. The molecule has 1 amide bonds. The number of hydrogen-bond donors (Lipinski definition) is 0. The van der Waals surface area contributed by atoms with E-state index in [2.05, 4.69) is 9.84 Å². The monoisotopic (exact) mass is 333 g/mol. The van der Waals surface area contributed by atoms with E-state index in [1.165, 1.54) is 0 Å². The molecule has 0 aromatic carbocycles. The van der Waals surface area contributed by atoms with Crippen LogP contribution in [0.15, 0.2) is 12.4 Å². The lowest BCUT2D eigenvalue weighted by molar-refractivity contribution is -0.175. The molecule has 0 N–H and O–H groups in total. The van der Waals surface area contributed by atoms with Gasteiger partial charge in [0.25, 0.3) is 0 Å². The highest BCUT2D eigenvalue weighted by Crippen LogP contribution is 2.20. The SMILES string of the molecule is Cc1cnn(C[C@@H]2CCCCN2C(=O)CCOCC(F)(F)F)c1. The van der Waals surface area contributed by atoms with Crippen molar-refractivity contribution in [3.63, 3.8) is 0 Å². The Morgan fingerprint density at radius 2 is 2.22 bits per heavy atom. The number of aryl methyl sites for hydroxylation is 1. The minimum Gasteiger partial charge on any atom is -0.372 e. The van der Waals surface area contributed by atoms with Crippen LogP contribution in [-0.2, 0) is 16.1 Å². The van der Waals surface area contributed by atoms with Crippen LogP contribution in [0.5, 0.6) is 0 Å². The molecule has 130 valence electrons. The summed E-state index contributed by atoms with van der Waals surface area (Å²) < 4.78 is 42.4. The number of ether oxygens (including phenoxy) is 1. The average molecular weight is 333 g/mol.